The molecule has 0 bridgehead atoms. The Morgan fingerprint density at radius 1 is 1.06 bits per heavy atom. The number of thioether (sulfide) groups is 1. The van der Waals surface area contributed by atoms with Gasteiger partial charge >= 0.3 is 0 Å². The Balaban J connectivity index is 1.35. The van der Waals surface area contributed by atoms with Crippen LogP contribution in [0, 0.1) is 11.6 Å². The second-order valence-corrected chi connectivity index (χ2v) is 9.88. The number of nitrogens with zero attached hydrogens (tertiary/aromatic N) is 3. The van der Waals surface area contributed by atoms with Crippen LogP contribution in [0.3, 0.4) is 0 Å². The number of rotatable bonds is 5. The summed E-state index contributed by atoms with van der Waals surface area (Å²) in [7, 11) is 0. The average Bonchev–Trinajstić information content (AvgIpc) is 3.44. The number of benzene rings is 3. The molecule has 6 nitrogen and oxygen atoms in total. The van der Waals surface area contributed by atoms with Gasteiger partial charge in [-0.25, -0.2) is 13.8 Å². The zero-order valence-electron chi connectivity index (χ0n) is 18.7. The standard InChI is InChI=1S/C26H19ClF2N4O2S/c27-17-8-4-16(5-9-17)22-13-21(15-6-10-18(28)11-7-15)32-33(22)26-31-25(35)23(36-26)14-24(34)30-20-3-1-2-19(29)12-20/h1-12,22-23H,13-14H2,(H,30,34). The SMILES string of the molecule is O=C(CC1SC(N2N=C(c3ccc(F)cc3)CC2c2ccc(Cl)cc2)=NC1=O)Nc1cccc(F)c1. The number of hydrogen-bond donors (Lipinski definition) is 1. The van der Waals surface area contributed by atoms with Gasteiger partial charge in [-0.1, -0.05) is 53.7 Å². The molecular formula is C26H19ClF2N4O2S. The maximum atomic E-state index is 13.4. The average molecular weight is 525 g/mol. The summed E-state index contributed by atoms with van der Waals surface area (Å²) in [5, 5.41) is 9.24. The predicted molar refractivity (Wildman–Crippen MR) is 137 cm³/mol. The van der Waals surface area contributed by atoms with Crippen molar-refractivity contribution >= 4 is 51.7 Å². The lowest BCUT2D eigenvalue weighted by Crippen LogP contribution is -2.25. The Morgan fingerprint density at radius 2 is 1.81 bits per heavy atom. The van der Waals surface area contributed by atoms with E-state index in [-0.39, 0.29) is 18.3 Å². The van der Waals surface area contributed by atoms with Gasteiger partial charge in [0, 0.05) is 23.6 Å². The quantitative estimate of drug-likeness (QED) is 0.458. The lowest BCUT2D eigenvalue weighted by Gasteiger charge is -2.23. The summed E-state index contributed by atoms with van der Waals surface area (Å²) < 4.78 is 26.9. The first kappa shape index (κ1) is 24.1. The first-order valence-corrected chi connectivity index (χ1v) is 12.3. The van der Waals surface area contributed by atoms with E-state index >= 15 is 0 Å². The normalized spacial score (nSPS) is 19.3. The third-order valence-electron chi connectivity index (χ3n) is 5.75. The number of anilines is 1. The van der Waals surface area contributed by atoms with Gasteiger partial charge in [0.25, 0.3) is 5.91 Å². The van der Waals surface area contributed by atoms with Gasteiger partial charge in [0.05, 0.1) is 11.8 Å². The Hall–Kier alpha value is -3.56. The number of amides is 2. The van der Waals surface area contributed by atoms with Crippen LogP contribution in [0.4, 0.5) is 14.5 Å². The summed E-state index contributed by atoms with van der Waals surface area (Å²) in [5.41, 5.74) is 2.72. The summed E-state index contributed by atoms with van der Waals surface area (Å²) >= 11 is 7.22. The second kappa shape index (κ2) is 10.2. The highest BCUT2D eigenvalue weighted by atomic mass is 35.5. The van der Waals surface area contributed by atoms with E-state index in [2.05, 4.69) is 10.3 Å². The summed E-state index contributed by atoms with van der Waals surface area (Å²) in [6, 6.07) is 18.7. The minimum Gasteiger partial charge on any atom is -0.326 e. The Labute approximate surface area is 215 Å². The van der Waals surface area contributed by atoms with Gasteiger partial charge in [0.1, 0.15) is 16.9 Å². The number of halogens is 3. The fourth-order valence-electron chi connectivity index (χ4n) is 4.00. The van der Waals surface area contributed by atoms with Crippen LogP contribution in [0.25, 0.3) is 0 Å². The molecule has 2 amide bonds. The molecule has 2 aliphatic rings. The van der Waals surface area contributed by atoms with E-state index < -0.39 is 22.9 Å². The molecule has 2 aliphatic heterocycles. The zero-order valence-corrected chi connectivity index (χ0v) is 20.3. The van der Waals surface area contributed by atoms with E-state index in [1.54, 1.807) is 35.3 Å². The van der Waals surface area contributed by atoms with E-state index in [1.165, 1.54) is 30.3 Å². The molecule has 10 heteroatoms. The number of carbonyl (C=O) groups is 2. The first-order chi connectivity index (χ1) is 17.4. The highest BCUT2D eigenvalue weighted by molar-refractivity contribution is 8.15. The van der Waals surface area contributed by atoms with Crippen LogP contribution in [0.5, 0.6) is 0 Å². The van der Waals surface area contributed by atoms with Crippen molar-refractivity contribution < 1.29 is 18.4 Å². The summed E-state index contributed by atoms with van der Waals surface area (Å²) in [6.45, 7) is 0. The van der Waals surface area contributed by atoms with Crippen LogP contribution in [0.15, 0.2) is 82.9 Å². The fraction of sp³-hybridized carbons (Fsp3) is 0.154. The van der Waals surface area contributed by atoms with E-state index in [4.69, 9.17) is 16.7 Å². The van der Waals surface area contributed by atoms with Crippen molar-refractivity contribution in [3.63, 3.8) is 0 Å². The molecule has 2 atom stereocenters. The van der Waals surface area contributed by atoms with Gasteiger partial charge in [-0.3, -0.25) is 9.59 Å². The molecule has 3 aromatic rings. The minimum absolute atomic E-state index is 0.124. The third-order valence-corrected chi connectivity index (χ3v) is 7.14. The molecule has 0 saturated carbocycles. The van der Waals surface area contributed by atoms with Crippen molar-refractivity contribution in [1.82, 2.24) is 5.01 Å². The van der Waals surface area contributed by atoms with Crippen LogP contribution in [-0.4, -0.2) is 33.0 Å². The zero-order chi connectivity index (χ0) is 25.2. The Morgan fingerprint density at radius 3 is 2.53 bits per heavy atom. The number of hydrazone groups is 1. The Kier molecular flexibility index (Phi) is 6.84. The molecule has 0 saturated heterocycles. The van der Waals surface area contributed by atoms with Crippen molar-refractivity contribution in [3.8, 4) is 0 Å². The molecule has 182 valence electrons. The largest absolute Gasteiger partial charge is 0.326 e. The summed E-state index contributed by atoms with van der Waals surface area (Å²) in [5.74, 6) is -1.68. The highest BCUT2D eigenvalue weighted by Crippen LogP contribution is 2.39. The van der Waals surface area contributed by atoms with Gasteiger partial charge in [-0.15, -0.1) is 0 Å². The molecule has 0 aromatic heterocycles. The molecule has 1 N–H and O–H groups in total. The smallest absolute Gasteiger partial charge is 0.262 e. The van der Waals surface area contributed by atoms with Crippen molar-refractivity contribution in [2.75, 3.05) is 5.32 Å². The topological polar surface area (TPSA) is 74.1 Å². The monoisotopic (exact) mass is 524 g/mol. The van der Waals surface area contributed by atoms with E-state index in [1.807, 2.05) is 12.1 Å². The highest BCUT2D eigenvalue weighted by Gasteiger charge is 2.39. The van der Waals surface area contributed by atoms with Gasteiger partial charge in [0.2, 0.25) is 5.91 Å². The lowest BCUT2D eigenvalue weighted by atomic mass is 9.99. The summed E-state index contributed by atoms with van der Waals surface area (Å²) in [4.78, 5) is 29.4. The molecule has 0 fully saturated rings. The van der Waals surface area contributed by atoms with E-state index in [0.29, 0.717) is 22.3 Å². The van der Waals surface area contributed by atoms with E-state index in [0.717, 1.165) is 28.6 Å². The van der Waals surface area contributed by atoms with Crippen molar-refractivity contribution in [1.29, 1.82) is 0 Å². The van der Waals surface area contributed by atoms with Crippen molar-refractivity contribution in [2.45, 2.75) is 24.1 Å². The Bertz CT molecular complexity index is 1380. The van der Waals surface area contributed by atoms with Crippen molar-refractivity contribution in [3.05, 3.63) is 101 Å². The molecule has 2 unspecified atom stereocenters. The first-order valence-electron chi connectivity index (χ1n) is 11.1. The van der Waals surface area contributed by atoms with Crippen LogP contribution >= 0.6 is 23.4 Å². The second-order valence-electron chi connectivity index (χ2n) is 8.27. The van der Waals surface area contributed by atoms with Gasteiger partial charge < -0.3 is 5.32 Å². The molecule has 0 radical (unpaired) electrons. The molecule has 36 heavy (non-hydrogen) atoms. The molecule has 2 heterocycles. The number of amidine groups is 1. The predicted octanol–water partition coefficient (Wildman–Crippen LogP) is 5.80. The number of carbonyl (C=O) groups excluding carboxylic acids is 2. The van der Waals surface area contributed by atoms with Crippen LogP contribution in [-0.2, 0) is 9.59 Å². The molecule has 5 rings (SSSR count). The number of hydrogen-bond acceptors (Lipinski definition) is 5. The van der Waals surface area contributed by atoms with Gasteiger partial charge in [-0.2, -0.15) is 10.1 Å². The van der Waals surface area contributed by atoms with Gasteiger partial charge in [-0.05, 0) is 53.6 Å². The number of aliphatic imine (C=N–C) groups is 1. The maximum Gasteiger partial charge on any atom is 0.262 e. The summed E-state index contributed by atoms with van der Waals surface area (Å²) in [6.07, 6.45) is 0.382. The molecular weight excluding hydrogens is 506 g/mol. The third kappa shape index (κ3) is 5.32. The van der Waals surface area contributed by atoms with Gasteiger partial charge in [0.15, 0.2) is 5.17 Å². The van der Waals surface area contributed by atoms with E-state index in [9.17, 15) is 18.4 Å². The van der Waals surface area contributed by atoms with Crippen LogP contribution in [0.1, 0.15) is 30.0 Å². The molecule has 3 aromatic carbocycles. The number of nitrogens with one attached hydrogen (secondary N) is 1. The molecule has 0 spiro atoms. The lowest BCUT2D eigenvalue weighted by molar-refractivity contribution is -0.121. The van der Waals surface area contributed by atoms with Crippen LogP contribution in [0.2, 0.25) is 5.02 Å². The molecule has 0 aliphatic carbocycles. The maximum absolute atomic E-state index is 13.4. The fourth-order valence-corrected chi connectivity index (χ4v) is 5.19. The minimum atomic E-state index is -0.732. The van der Waals surface area contributed by atoms with Crippen LogP contribution < -0.4 is 5.32 Å². The van der Waals surface area contributed by atoms with Crippen molar-refractivity contribution in [2.24, 2.45) is 10.1 Å².